The van der Waals surface area contributed by atoms with Gasteiger partial charge in [0.05, 0.1) is 23.6 Å². The fourth-order valence-electron chi connectivity index (χ4n) is 2.35. The van der Waals surface area contributed by atoms with Gasteiger partial charge in [-0.15, -0.1) is 0 Å². The van der Waals surface area contributed by atoms with E-state index in [4.69, 9.17) is 5.26 Å². The molecule has 1 amide bonds. The smallest absolute Gasteiger partial charge is 0.275 e. The summed E-state index contributed by atoms with van der Waals surface area (Å²) in [5, 5.41) is 14.9. The second-order valence-electron chi connectivity index (χ2n) is 5.82. The lowest BCUT2D eigenvalue weighted by molar-refractivity contribution is 0.102. The predicted molar refractivity (Wildman–Crippen MR) is 100 cm³/mol. The van der Waals surface area contributed by atoms with Crippen molar-refractivity contribution in [1.82, 2.24) is 9.97 Å². The van der Waals surface area contributed by atoms with E-state index in [1.165, 1.54) is 23.5 Å². The maximum absolute atomic E-state index is 12.3. The molecule has 0 fully saturated rings. The number of carbonyl (C=O) groups excluding carboxylic acids is 1. The summed E-state index contributed by atoms with van der Waals surface area (Å²) in [5.74, 6) is 0.125. The van der Waals surface area contributed by atoms with E-state index in [1.807, 2.05) is 31.2 Å². The van der Waals surface area contributed by atoms with Crippen molar-refractivity contribution in [2.45, 2.75) is 13.8 Å². The van der Waals surface area contributed by atoms with Gasteiger partial charge in [-0.05, 0) is 49.2 Å². The Kier molecular flexibility index (Phi) is 4.90. The summed E-state index contributed by atoms with van der Waals surface area (Å²) in [5.41, 5.74) is 4.30. The molecule has 1 aromatic heterocycles. The van der Waals surface area contributed by atoms with Crippen LogP contribution in [-0.4, -0.2) is 15.9 Å². The molecule has 26 heavy (non-hydrogen) atoms. The molecule has 2 N–H and O–H groups in total. The van der Waals surface area contributed by atoms with Crippen LogP contribution in [0.5, 0.6) is 0 Å². The van der Waals surface area contributed by atoms with Gasteiger partial charge in [0.2, 0.25) is 0 Å². The van der Waals surface area contributed by atoms with Gasteiger partial charge in [0.1, 0.15) is 17.6 Å². The van der Waals surface area contributed by atoms with Crippen molar-refractivity contribution < 1.29 is 4.79 Å². The Labute approximate surface area is 151 Å². The van der Waals surface area contributed by atoms with Crippen LogP contribution in [-0.2, 0) is 0 Å². The maximum atomic E-state index is 12.3. The van der Waals surface area contributed by atoms with Crippen molar-refractivity contribution in [2.24, 2.45) is 0 Å². The molecule has 6 nitrogen and oxygen atoms in total. The first-order chi connectivity index (χ1) is 12.6. The molecule has 0 spiro atoms. The van der Waals surface area contributed by atoms with Crippen LogP contribution in [0.15, 0.2) is 54.9 Å². The molecule has 0 unspecified atom stereocenters. The first-order valence-electron chi connectivity index (χ1n) is 8.03. The zero-order chi connectivity index (χ0) is 18.5. The van der Waals surface area contributed by atoms with Crippen molar-refractivity contribution in [2.75, 3.05) is 10.6 Å². The van der Waals surface area contributed by atoms with Gasteiger partial charge in [0.15, 0.2) is 0 Å². The molecule has 2 aromatic carbocycles. The monoisotopic (exact) mass is 343 g/mol. The standard InChI is InChI=1S/C20H17N5O/c1-13-7-8-16(9-14(13)2)24-19-12-22-18(11-23-19)20(26)25-17-6-4-3-5-15(17)10-21/h3-9,11-12H,1-2H3,(H,23,24)(H,25,26). The number of anilines is 3. The Morgan fingerprint density at radius 2 is 1.85 bits per heavy atom. The van der Waals surface area contributed by atoms with E-state index < -0.39 is 5.91 Å². The van der Waals surface area contributed by atoms with Gasteiger partial charge < -0.3 is 10.6 Å². The number of rotatable bonds is 4. The summed E-state index contributed by atoms with van der Waals surface area (Å²) in [4.78, 5) is 20.7. The Morgan fingerprint density at radius 3 is 2.54 bits per heavy atom. The number of nitriles is 1. The lowest BCUT2D eigenvalue weighted by atomic mass is 10.1. The topological polar surface area (TPSA) is 90.7 Å². The highest BCUT2D eigenvalue weighted by atomic mass is 16.1. The number of amides is 1. The highest BCUT2D eigenvalue weighted by molar-refractivity contribution is 6.03. The minimum atomic E-state index is -0.419. The van der Waals surface area contributed by atoms with Crippen LogP contribution >= 0.6 is 0 Å². The van der Waals surface area contributed by atoms with Gasteiger partial charge in [0.25, 0.3) is 5.91 Å². The number of hydrogen-bond donors (Lipinski definition) is 2. The quantitative estimate of drug-likeness (QED) is 0.748. The van der Waals surface area contributed by atoms with Crippen molar-refractivity contribution >= 4 is 23.1 Å². The normalized spacial score (nSPS) is 10.0. The minimum absolute atomic E-state index is 0.170. The molecule has 0 saturated heterocycles. The summed E-state index contributed by atoms with van der Waals surface area (Å²) in [6, 6.07) is 14.8. The first-order valence-corrected chi connectivity index (χ1v) is 8.03. The summed E-state index contributed by atoms with van der Waals surface area (Å²) in [7, 11) is 0. The van der Waals surface area contributed by atoms with Crippen molar-refractivity contribution in [1.29, 1.82) is 5.26 Å². The van der Waals surface area contributed by atoms with E-state index >= 15 is 0 Å². The molecule has 3 rings (SSSR count). The number of benzene rings is 2. The Morgan fingerprint density at radius 1 is 1.04 bits per heavy atom. The van der Waals surface area contributed by atoms with E-state index in [9.17, 15) is 4.79 Å². The summed E-state index contributed by atoms with van der Waals surface area (Å²) in [6.07, 6.45) is 2.90. The third kappa shape index (κ3) is 3.84. The van der Waals surface area contributed by atoms with Gasteiger partial charge in [-0.3, -0.25) is 4.79 Å². The molecule has 3 aromatic rings. The predicted octanol–water partition coefficient (Wildman–Crippen LogP) is 3.96. The van der Waals surface area contributed by atoms with Gasteiger partial charge >= 0.3 is 0 Å². The second-order valence-corrected chi connectivity index (χ2v) is 5.82. The number of aryl methyl sites for hydroxylation is 2. The fraction of sp³-hybridized carbons (Fsp3) is 0.100. The second kappa shape index (κ2) is 7.45. The Bertz CT molecular complexity index is 990. The lowest BCUT2D eigenvalue weighted by Crippen LogP contribution is -2.15. The fourth-order valence-corrected chi connectivity index (χ4v) is 2.35. The average Bonchev–Trinajstić information content (AvgIpc) is 2.66. The van der Waals surface area contributed by atoms with E-state index in [1.54, 1.807) is 24.3 Å². The third-order valence-corrected chi connectivity index (χ3v) is 3.96. The number of nitrogens with zero attached hydrogens (tertiary/aromatic N) is 3. The summed E-state index contributed by atoms with van der Waals surface area (Å²) >= 11 is 0. The van der Waals surface area contributed by atoms with Crippen LogP contribution in [0.4, 0.5) is 17.2 Å². The van der Waals surface area contributed by atoms with Crippen LogP contribution in [0.1, 0.15) is 27.2 Å². The lowest BCUT2D eigenvalue weighted by Gasteiger charge is -2.09. The molecule has 0 atom stereocenters. The van der Waals surface area contributed by atoms with Crippen LogP contribution in [0.3, 0.4) is 0 Å². The summed E-state index contributed by atoms with van der Waals surface area (Å²) < 4.78 is 0. The van der Waals surface area contributed by atoms with E-state index in [0.717, 1.165) is 5.69 Å². The molecule has 1 heterocycles. The van der Waals surface area contributed by atoms with Gasteiger partial charge in [-0.1, -0.05) is 18.2 Å². The Hall–Kier alpha value is -3.72. The molecular weight excluding hydrogens is 326 g/mol. The number of hydrogen-bond acceptors (Lipinski definition) is 5. The number of para-hydroxylation sites is 1. The van der Waals surface area contributed by atoms with Crippen LogP contribution < -0.4 is 10.6 Å². The zero-order valence-electron chi connectivity index (χ0n) is 14.4. The molecule has 0 radical (unpaired) electrons. The highest BCUT2D eigenvalue weighted by Gasteiger charge is 2.11. The van der Waals surface area contributed by atoms with E-state index in [-0.39, 0.29) is 5.69 Å². The number of carbonyl (C=O) groups is 1. The molecule has 0 aliphatic carbocycles. The first kappa shape index (κ1) is 17.1. The van der Waals surface area contributed by atoms with Gasteiger partial charge in [0, 0.05) is 5.69 Å². The van der Waals surface area contributed by atoms with Crippen molar-refractivity contribution in [3.05, 3.63) is 77.2 Å². The van der Waals surface area contributed by atoms with Crippen molar-refractivity contribution in [3.63, 3.8) is 0 Å². The number of aromatic nitrogens is 2. The molecular formula is C20H17N5O. The number of nitrogens with one attached hydrogen (secondary N) is 2. The molecule has 0 bridgehead atoms. The van der Waals surface area contributed by atoms with Crippen LogP contribution in [0.25, 0.3) is 0 Å². The van der Waals surface area contributed by atoms with Crippen LogP contribution in [0.2, 0.25) is 0 Å². The highest BCUT2D eigenvalue weighted by Crippen LogP contribution is 2.18. The molecule has 0 saturated carbocycles. The molecule has 0 aliphatic rings. The largest absolute Gasteiger partial charge is 0.339 e. The van der Waals surface area contributed by atoms with Crippen LogP contribution in [0, 0.1) is 25.2 Å². The maximum Gasteiger partial charge on any atom is 0.275 e. The van der Waals surface area contributed by atoms with Gasteiger partial charge in [-0.2, -0.15) is 5.26 Å². The SMILES string of the molecule is Cc1ccc(Nc2cnc(C(=O)Nc3ccccc3C#N)cn2)cc1C. The molecule has 0 aliphatic heterocycles. The van der Waals surface area contributed by atoms with E-state index in [0.29, 0.717) is 17.1 Å². The minimum Gasteiger partial charge on any atom is -0.339 e. The molecule has 6 heteroatoms. The third-order valence-electron chi connectivity index (χ3n) is 3.96. The van der Waals surface area contributed by atoms with E-state index in [2.05, 4.69) is 27.5 Å². The zero-order valence-corrected chi connectivity index (χ0v) is 14.4. The van der Waals surface area contributed by atoms with Crippen molar-refractivity contribution in [3.8, 4) is 6.07 Å². The molecule has 128 valence electrons. The van der Waals surface area contributed by atoms with Gasteiger partial charge in [-0.25, -0.2) is 9.97 Å². The Balaban J connectivity index is 1.71. The summed E-state index contributed by atoms with van der Waals surface area (Å²) in [6.45, 7) is 4.09. The average molecular weight is 343 g/mol.